The minimum Gasteiger partial charge on any atom is -0.494 e. The van der Waals surface area contributed by atoms with E-state index >= 15 is 0 Å². The number of aryl methyl sites for hydroxylation is 1. The Kier molecular flexibility index (Phi) is 7.32. The number of carbonyl (C=O) groups is 1. The molecule has 0 aromatic heterocycles. The SMILES string of the molecule is CCOc1ccccc1CNC(=O)[C@@H](C)N(c1cc(Cl)ccc1C)S(C)(=O)=O. The molecule has 2 rings (SSSR count). The molecular weight excluding hydrogens is 400 g/mol. The van der Waals surface area contributed by atoms with E-state index in [-0.39, 0.29) is 6.54 Å². The Morgan fingerprint density at radius 3 is 2.57 bits per heavy atom. The van der Waals surface area contributed by atoms with Crippen molar-refractivity contribution in [3.63, 3.8) is 0 Å². The number of carbonyl (C=O) groups excluding carboxylic acids is 1. The van der Waals surface area contributed by atoms with Gasteiger partial charge in [-0.05, 0) is 44.5 Å². The molecule has 6 nitrogen and oxygen atoms in total. The zero-order chi connectivity index (χ0) is 20.9. The van der Waals surface area contributed by atoms with Crippen LogP contribution in [0.25, 0.3) is 0 Å². The Morgan fingerprint density at radius 1 is 1.25 bits per heavy atom. The lowest BCUT2D eigenvalue weighted by Crippen LogP contribution is -2.48. The third-order valence-corrected chi connectivity index (χ3v) is 5.69. The molecule has 0 spiro atoms. The fraction of sp³-hybridized carbons (Fsp3) is 0.350. The van der Waals surface area contributed by atoms with Gasteiger partial charge in [0.05, 0.1) is 18.6 Å². The summed E-state index contributed by atoms with van der Waals surface area (Å²) in [6.07, 6.45) is 1.07. The van der Waals surface area contributed by atoms with Crippen LogP contribution in [0.5, 0.6) is 5.75 Å². The molecule has 28 heavy (non-hydrogen) atoms. The van der Waals surface area contributed by atoms with Crippen molar-refractivity contribution in [3.8, 4) is 5.75 Å². The van der Waals surface area contributed by atoms with Crippen LogP contribution in [0.2, 0.25) is 5.02 Å². The Hall–Kier alpha value is -2.25. The first-order valence-electron chi connectivity index (χ1n) is 8.89. The zero-order valence-electron chi connectivity index (χ0n) is 16.4. The summed E-state index contributed by atoms with van der Waals surface area (Å²) in [5.41, 5.74) is 1.90. The number of hydrogen-bond donors (Lipinski definition) is 1. The number of halogens is 1. The van der Waals surface area contributed by atoms with Crippen molar-refractivity contribution in [2.45, 2.75) is 33.4 Å². The summed E-state index contributed by atoms with van der Waals surface area (Å²) in [5, 5.41) is 3.19. The molecule has 0 radical (unpaired) electrons. The van der Waals surface area contributed by atoms with Gasteiger partial charge in [-0.3, -0.25) is 9.10 Å². The lowest BCUT2D eigenvalue weighted by atomic mass is 10.1. The molecule has 0 bridgehead atoms. The summed E-state index contributed by atoms with van der Waals surface area (Å²) in [4.78, 5) is 12.8. The molecule has 0 aliphatic heterocycles. The smallest absolute Gasteiger partial charge is 0.243 e. The van der Waals surface area contributed by atoms with E-state index in [1.807, 2.05) is 31.2 Å². The van der Waals surface area contributed by atoms with E-state index in [1.54, 1.807) is 32.0 Å². The number of ether oxygens (including phenoxy) is 1. The third kappa shape index (κ3) is 5.39. The second-order valence-corrected chi connectivity index (χ2v) is 8.72. The van der Waals surface area contributed by atoms with Crippen molar-refractivity contribution in [1.82, 2.24) is 5.32 Å². The molecule has 2 aromatic rings. The van der Waals surface area contributed by atoms with Crippen LogP contribution in [-0.2, 0) is 21.4 Å². The Bertz CT molecular complexity index is 947. The van der Waals surface area contributed by atoms with Crippen LogP contribution in [0.1, 0.15) is 25.0 Å². The topological polar surface area (TPSA) is 75.7 Å². The van der Waals surface area contributed by atoms with Gasteiger partial charge < -0.3 is 10.1 Å². The van der Waals surface area contributed by atoms with E-state index in [0.717, 1.165) is 16.1 Å². The first-order valence-corrected chi connectivity index (χ1v) is 11.1. The van der Waals surface area contributed by atoms with Crippen molar-refractivity contribution < 1.29 is 17.9 Å². The highest BCUT2D eigenvalue weighted by Gasteiger charge is 2.30. The molecule has 0 fully saturated rings. The van der Waals surface area contributed by atoms with Crippen molar-refractivity contribution in [2.24, 2.45) is 0 Å². The maximum Gasteiger partial charge on any atom is 0.243 e. The molecule has 0 saturated heterocycles. The van der Waals surface area contributed by atoms with Crippen LogP contribution in [-0.4, -0.2) is 33.2 Å². The highest BCUT2D eigenvalue weighted by molar-refractivity contribution is 7.92. The van der Waals surface area contributed by atoms with Crippen molar-refractivity contribution in [1.29, 1.82) is 0 Å². The summed E-state index contributed by atoms with van der Waals surface area (Å²) in [6, 6.07) is 11.4. The van der Waals surface area contributed by atoms with Crippen molar-refractivity contribution >= 4 is 33.2 Å². The van der Waals surface area contributed by atoms with Crippen molar-refractivity contribution in [3.05, 3.63) is 58.6 Å². The second-order valence-electron chi connectivity index (χ2n) is 6.42. The van der Waals surface area contributed by atoms with E-state index in [0.29, 0.717) is 28.6 Å². The molecule has 1 atom stereocenters. The fourth-order valence-electron chi connectivity index (χ4n) is 2.88. The highest BCUT2D eigenvalue weighted by Crippen LogP contribution is 2.28. The first-order chi connectivity index (χ1) is 13.1. The summed E-state index contributed by atoms with van der Waals surface area (Å²) in [6.45, 7) is 5.94. The van der Waals surface area contributed by atoms with Crippen LogP contribution < -0.4 is 14.4 Å². The molecule has 0 aliphatic rings. The number of benzene rings is 2. The van der Waals surface area contributed by atoms with E-state index in [9.17, 15) is 13.2 Å². The van der Waals surface area contributed by atoms with E-state index in [2.05, 4.69) is 5.32 Å². The molecular formula is C20H25ClN2O4S. The largest absolute Gasteiger partial charge is 0.494 e. The van der Waals surface area contributed by atoms with Crippen LogP contribution in [0, 0.1) is 6.92 Å². The minimum absolute atomic E-state index is 0.228. The molecule has 0 aliphatic carbocycles. The Labute approximate surface area is 171 Å². The predicted octanol–water partition coefficient (Wildman–Crippen LogP) is 3.52. The van der Waals surface area contributed by atoms with E-state index in [4.69, 9.17) is 16.3 Å². The second kappa shape index (κ2) is 9.30. The average Bonchev–Trinajstić information content (AvgIpc) is 2.63. The van der Waals surface area contributed by atoms with Gasteiger partial charge in [0.15, 0.2) is 0 Å². The van der Waals surface area contributed by atoms with Crippen LogP contribution in [0.3, 0.4) is 0 Å². The van der Waals surface area contributed by atoms with Gasteiger partial charge in [-0.1, -0.05) is 35.9 Å². The highest BCUT2D eigenvalue weighted by atomic mass is 35.5. The monoisotopic (exact) mass is 424 g/mol. The van der Waals surface area contributed by atoms with Gasteiger partial charge in [0.1, 0.15) is 11.8 Å². The van der Waals surface area contributed by atoms with Crippen LogP contribution in [0.15, 0.2) is 42.5 Å². The molecule has 0 saturated carbocycles. The van der Waals surface area contributed by atoms with E-state index in [1.165, 1.54) is 0 Å². The van der Waals surface area contributed by atoms with Gasteiger partial charge in [0, 0.05) is 17.1 Å². The lowest BCUT2D eigenvalue weighted by molar-refractivity contribution is -0.122. The quantitative estimate of drug-likeness (QED) is 0.703. The number of amides is 1. The third-order valence-electron chi connectivity index (χ3n) is 4.22. The summed E-state index contributed by atoms with van der Waals surface area (Å²) < 4.78 is 31.5. The summed E-state index contributed by atoms with van der Waals surface area (Å²) in [5.74, 6) is 0.264. The van der Waals surface area contributed by atoms with Gasteiger partial charge in [-0.25, -0.2) is 8.42 Å². The van der Waals surface area contributed by atoms with Gasteiger partial charge in [0.2, 0.25) is 15.9 Å². The lowest BCUT2D eigenvalue weighted by Gasteiger charge is -2.29. The standard InChI is InChI=1S/C20H25ClN2O4S/c1-5-27-19-9-7-6-8-16(19)13-22-20(24)15(3)23(28(4,25)26)18-12-17(21)11-10-14(18)2/h6-12,15H,5,13H2,1-4H3,(H,22,24)/t15-/m1/s1. The predicted molar refractivity (Wildman–Crippen MR) is 112 cm³/mol. The molecule has 0 unspecified atom stereocenters. The first kappa shape index (κ1) is 22.0. The number of nitrogens with one attached hydrogen (secondary N) is 1. The van der Waals surface area contributed by atoms with Gasteiger partial charge in [-0.2, -0.15) is 0 Å². The van der Waals surface area contributed by atoms with Crippen LogP contribution >= 0.6 is 11.6 Å². The van der Waals surface area contributed by atoms with Gasteiger partial charge >= 0.3 is 0 Å². The molecule has 152 valence electrons. The van der Waals surface area contributed by atoms with Gasteiger partial charge in [0.25, 0.3) is 0 Å². The number of rotatable bonds is 8. The maximum absolute atomic E-state index is 12.8. The molecule has 1 amide bonds. The maximum atomic E-state index is 12.8. The Balaban J connectivity index is 2.24. The average molecular weight is 425 g/mol. The number of hydrogen-bond acceptors (Lipinski definition) is 4. The van der Waals surface area contributed by atoms with Crippen molar-refractivity contribution in [2.75, 3.05) is 17.2 Å². The summed E-state index contributed by atoms with van der Waals surface area (Å²) in [7, 11) is -3.71. The minimum atomic E-state index is -3.71. The molecule has 0 heterocycles. The van der Waals surface area contributed by atoms with Gasteiger partial charge in [-0.15, -0.1) is 0 Å². The number of nitrogens with zero attached hydrogens (tertiary/aromatic N) is 1. The van der Waals surface area contributed by atoms with Crippen LogP contribution in [0.4, 0.5) is 5.69 Å². The molecule has 1 N–H and O–H groups in total. The zero-order valence-corrected chi connectivity index (χ0v) is 18.0. The molecule has 8 heteroatoms. The number of sulfonamides is 1. The normalized spacial score (nSPS) is 12.3. The molecule has 2 aromatic carbocycles. The summed E-state index contributed by atoms with van der Waals surface area (Å²) >= 11 is 6.05. The number of para-hydroxylation sites is 1. The fourth-order valence-corrected chi connectivity index (χ4v) is 4.27. The number of anilines is 1. The Morgan fingerprint density at radius 2 is 1.93 bits per heavy atom. The van der Waals surface area contributed by atoms with E-state index < -0.39 is 22.0 Å².